The zero-order valence-electron chi connectivity index (χ0n) is 14.2. The molecule has 0 spiro atoms. The third-order valence-electron chi connectivity index (χ3n) is 4.24. The first-order chi connectivity index (χ1) is 10.7. The van der Waals surface area contributed by atoms with Gasteiger partial charge < -0.3 is 0 Å². The van der Waals surface area contributed by atoms with Gasteiger partial charge in [0.05, 0.1) is 0 Å². The molecule has 0 bridgehead atoms. The van der Waals surface area contributed by atoms with E-state index in [0.717, 1.165) is 0 Å². The summed E-state index contributed by atoms with van der Waals surface area (Å²) in [4.78, 5) is 0. The van der Waals surface area contributed by atoms with Gasteiger partial charge in [-0.25, -0.2) is 0 Å². The summed E-state index contributed by atoms with van der Waals surface area (Å²) in [5, 5.41) is 0. The Bertz CT molecular complexity index is 367. The smallest absolute Gasteiger partial charge is 0.0143 e. The molecular formula is C20H32I2. The van der Waals surface area contributed by atoms with Gasteiger partial charge in [0, 0.05) is 7.14 Å². The quantitative estimate of drug-likeness (QED) is 0.180. The number of aryl methyl sites for hydroxylation is 1. The van der Waals surface area contributed by atoms with Crippen molar-refractivity contribution in [2.75, 3.05) is 0 Å². The summed E-state index contributed by atoms with van der Waals surface area (Å²) in [6, 6.07) is 6.91. The van der Waals surface area contributed by atoms with Crippen LogP contribution in [0.2, 0.25) is 0 Å². The number of benzene rings is 1. The van der Waals surface area contributed by atoms with Crippen molar-refractivity contribution in [3.8, 4) is 0 Å². The van der Waals surface area contributed by atoms with E-state index in [9.17, 15) is 0 Å². The van der Waals surface area contributed by atoms with E-state index in [1.807, 2.05) is 0 Å². The number of hydrogen-bond acceptors (Lipinski definition) is 0. The predicted octanol–water partition coefficient (Wildman–Crippen LogP) is 8.14. The van der Waals surface area contributed by atoms with E-state index in [2.05, 4.69) is 70.3 Å². The van der Waals surface area contributed by atoms with Crippen molar-refractivity contribution >= 4 is 45.2 Å². The zero-order valence-corrected chi connectivity index (χ0v) is 18.5. The fourth-order valence-electron chi connectivity index (χ4n) is 2.93. The fourth-order valence-corrected chi connectivity index (χ4v) is 4.99. The lowest BCUT2D eigenvalue weighted by Crippen LogP contribution is -1.89. The van der Waals surface area contributed by atoms with Crippen molar-refractivity contribution in [1.82, 2.24) is 0 Å². The lowest BCUT2D eigenvalue weighted by atomic mass is 10.0. The maximum absolute atomic E-state index is 2.42. The van der Waals surface area contributed by atoms with Gasteiger partial charge in [-0.2, -0.15) is 0 Å². The Hall–Kier alpha value is 0.680. The van der Waals surface area contributed by atoms with Crippen LogP contribution in [-0.2, 0) is 6.42 Å². The van der Waals surface area contributed by atoms with E-state index >= 15 is 0 Å². The van der Waals surface area contributed by atoms with Crippen LogP contribution in [0, 0.1) is 7.14 Å². The molecule has 0 nitrogen and oxygen atoms in total. The normalized spacial score (nSPS) is 11.0. The standard InChI is InChI=1S/C20H32I2/c1-2-3-4-5-6-7-8-9-10-11-12-13-14-18-15-19(21)17-20(22)16-18/h15-17H,2-14H2,1H3. The van der Waals surface area contributed by atoms with Gasteiger partial charge in [0.15, 0.2) is 0 Å². The van der Waals surface area contributed by atoms with Crippen LogP contribution in [0.1, 0.15) is 89.5 Å². The minimum absolute atomic E-state index is 1.25. The molecule has 22 heavy (non-hydrogen) atoms. The number of unbranched alkanes of at least 4 members (excludes halogenated alkanes) is 11. The molecule has 0 radical (unpaired) electrons. The van der Waals surface area contributed by atoms with E-state index in [1.54, 1.807) is 0 Å². The van der Waals surface area contributed by atoms with Gasteiger partial charge in [-0.15, -0.1) is 0 Å². The van der Waals surface area contributed by atoms with E-state index in [1.165, 1.54) is 96.2 Å². The van der Waals surface area contributed by atoms with Crippen molar-refractivity contribution < 1.29 is 0 Å². The predicted molar refractivity (Wildman–Crippen MR) is 117 cm³/mol. The summed E-state index contributed by atoms with van der Waals surface area (Å²) in [6.07, 6.45) is 18.4. The summed E-state index contributed by atoms with van der Waals surface area (Å²) in [6.45, 7) is 2.29. The lowest BCUT2D eigenvalue weighted by molar-refractivity contribution is 0.544. The highest BCUT2D eigenvalue weighted by Crippen LogP contribution is 2.17. The molecule has 0 heterocycles. The SMILES string of the molecule is CCCCCCCCCCCCCCc1cc(I)cc(I)c1. The van der Waals surface area contributed by atoms with Crippen LogP contribution in [0.15, 0.2) is 18.2 Å². The van der Waals surface area contributed by atoms with Crippen molar-refractivity contribution in [1.29, 1.82) is 0 Å². The second-order valence-electron chi connectivity index (χ2n) is 6.42. The average Bonchev–Trinajstić information content (AvgIpc) is 2.47. The van der Waals surface area contributed by atoms with Gasteiger partial charge in [-0.3, -0.25) is 0 Å². The molecule has 0 aromatic heterocycles. The van der Waals surface area contributed by atoms with Gasteiger partial charge in [0.25, 0.3) is 0 Å². The minimum Gasteiger partial charge on any atom is -0.0654 e. The molecule has 0 aliphatic rings. The number of halogens is 2. The molecular weight excluding hydrogens is 494 g/mol. The molecule has 126 valence electrons. The van der Waals surface area contributed by atoms with Crippen molar-refractivity contribution in [3.05, 3.63) is 30.9 Å². The molecule has 0 saturated carbocycles. The van der Waals surface area contributed by atoms with E-state index in [4.69, 9.17) is 0 Å². The molecule has 0 saturated heterocycles. The molecule has 0 amide bonds. The highest BCUT2D eigenvalue weighted by Gasteiger charge is 1.98. The number of rotatable bonds is 13. The third-order valence-corrected chi connectivity index (χ3v) is 5.49. The second kappa shape index (κ2) is 14.1. The van der Waals surface area contributed by atoms with Crippen LogP contribution in [0.3, 0.4) is 0 Å². The van der Waals surface area contributed by atoms with Crippen LogP contribution in [0.25, 0.3) is 0 Å². The summed E-state index contributed by atoms with van der Waals surface area (Å²) in [5.41, 5.74) is 1.52. The molecule has 1 aromatic rings. The Kier molecular flexibility index (Phi) is 13.2. The summed E-state index contributed by atoms with van der Waals surface area (Å²) >= 11 is 4.85. The molecule has 0 aliphatic carbocycles. The van der Waals surface area contributed by atoms with Gasteiger partial charge in [-0.05, 0) is 81.8 Å². The van der Waals surface area contributed by atoms with Crippen molar-refractivity contribution in [2.45, 2.75) is 90.4 Å². The molecule has 1 aromatic carbocycles. The maximum Gasteiger partial charge on any atom is 0.0143 e. The first-order valence-electron chi connectivity index (χ1n) is 9.17. The fraction of sp³-hybridized carbons (Fsp3) is 0.700. The molecule has 1 rings (SSSR count). The van der Waals surface area contributed by atoms with Gasteiger partial charge >= 0.3 is 0 Å². The topological polar surface area (TPSA) is 0 Å². The van der Waals surface area contributed by atoms with Crippen LogP contribution in [0.4, 0.5) is 0 Å². The Labute approximate surface area is 165 Å². The maximum atomic E-state index is 2.42. The van der Waals surface area contributed by atoms with Gasteiger partial charge in [-0.1, -0.05) is 77.6 Å². The Balaban J connectivity index is 1.89. The van der Waals surface area contributed by atoms with Crippen LogP contribution in [-0.4, -0.2) is 0 Å². The Morgan fingerprint density at radius 3 is 1.45 bits per heavy atom. The third kappa shape index (κ3) is 11.3. The Morgan fingerprint density at radius 2 is 1.00 bits per heavy atom. The minimum atomic E-state index is 1.25. The molecule has 0 N–H and O–H groups in total. The zero-order chi connectivity index (χ0) is 16.0. The summed E-state index contributed by atoms with van der Waals surface area (Å²) < 4.78 is 2.75. The average molecular weight is 526 g/mol. The molecule has 2 heteroatoms. The molecule has 0 aliphatic heterocycles. The van der Waals surface area contributed by atoms with Crippen LogP contribution in [0.5, 0.6) is 0 Å². The summed E-state index contributed by atoms with van der Waals surface area (Å²) in [7, 11) is 0. The highest BCUT2D eigenvalue weighted by molar-refractivity contribution is 14.1. The van der Waals surface area contributed by atoms with E-state index in [-0.39, 0.29) is 0 Å². The van der Waals surface area contributed by atoms with Gasteiger partial charge in [0.2, 0.25) is 0 Å². The highest BCUT2D eigenvalue weighted by atomic mass is 127. The monoisotopic (exact) mass is 526 g/mol. The molecule has 0 fully saturated rings. The largest absolute Gasteiger partial charge is 0.0654 e. The molecule has 0 atom stereocenters. The molecule has 0 unspecified atom stereocenters. The van der Waals surface area contributed by atoms with Gasteiger partial charge in [0.1, 0.15) is 0 Å². The van der Waals surface area contributed by atoms with E-state index < -0.39 is 0 Å². The van der Waals surface area contributed by atoms with Crippen LogP contribution < -0.4 is 0 Å². The lowest BCUT2D eigenvalue weighted by Gasteiger charge is -2.05. The summed E-state index contributed by atoms with van der Waals surface area (Å²) in [5.74, 6) is 0. The van der Waals surface area contributed by atoms with Crippen molar-refractivity contribution in [3.63, 3.8) is 0 Å². The first-order valence-corrected chi connectivity index (χ1v) is 11.3. The van der Waals surface area contributed by atoms with E-state index in [0.29, 0.717) is 0 Å². The first kappa shape index (κ1) is 20.7. The van der Waals surface area contributed by atoms with Crippen LogP contribution >= 0.6 is 45.2 Å². The second-order valence-corrected chi connectivity index (χ2v) is 8.91. The van der Waals surface area contributed by atoms with Crippen molar-refractivity contribution in [2.24, 2.45) is 0 Å². The number of hydrogen-bond donors (Lipinski definition) is 0. The Morgan fingerprint density at radius 1 is 0.591 bits per heavy atom.